The fourth-order valence-corrected chi connectivity index (χ4v) is 1.88. The Labute approximate surface area is 151 Å². The van der Waals surface area contributed by atoms with Gasteiger partial charge in [-0.15, -0.1) is 0 Å². The fraction of sp³-hybridized carbons (Fsp3) is 0.867. The maximum absolute atomic E-state index is 11.3. The van der Waals surface area contributed by atoms with Crippen molar-refractivity contribution in [2.24, 2.45) is 0 Å². The van der Waals surface area contributed by atoms with E-state index in [0.717, 1.165) is 0 Å². The Morgan fingerprint density at radius 3 is 1.75 bits per heavy atom. The van der Waals surface area contributed by atoms with Crippen LogP contribution in [-0.2, 0) is 33.3 Å². The molecule has 0 aromatic heterocycles. The Bertz CT molecular complexity index is 331. The topological polar surface area (TPSA) is 83.5 Å². The minimum absolute atomic E-state index is 0.0290. The maximum Gasteiger partial charge on any atom is 0.307 e. The van der Waals surface area contributed by atoms with E-state index in [1.54, 1.807) is 11.9 Å². The van der Waals surface area contributed by atoms with Crippen molar-refractivity contribution < 1.29 is 33.3 Å². The first-order valence-electron chi connectivity index (χ1n) is 7.79. The lowest BCUT2D eigenvalue weighted by Crippen LogP contribution is -2.31. The summed E-state index contributed by atoms with van der Waals surface area (Å²) in [5.74, 6) is -0.255. The lowest BCUT2D eigenvalue weighted by atomic mass is 10.5. The van der Waals surface area contributed by atoms with Gasteiger partial charge in [0.1, 0.15) is 0 Å². The summed E-state index contributed by atoms with van der Waals surface area (Å²) in [4.78, 5) is 23.7. The summed E-state index contributed by atoms with van der Waals surface area (Å²) < 4.78 is 25.7. The zero-order chi connectivity index (χ0) is 18.0. The number of methoxy groups -OCH3 is 1. The Balaban J connectivity index is 3.15. The number of alkyl halides is 1. The van der Waals surface area contributed by atoms with Crippen LogP contribution in [0.2, 0.25) is 0 Å². The molecule has 0 saturated heterocycles. The highest BCUT2D eigenvalue weighted by molar-refractivity contribution is 9.09. The number of likely N-dealkylation sites (N-methyl/N-ethyl adjacent to an activating group) is 1. The van der Waals surface area contributed by atoms with Crippen LogP contribution in [0.5, 0.6) is 0 Å². The van der Waals surface area contributed by atoms with Crippen molar-refractivity contribution in [3.8, 4) is 0 Å². The highest BCUT2D eigenvalue weighted by Crippen LogP contribution is 1.90. The van der Waals surface area contributed by atoms with Crippen LogP contribution in [0, 0.1) is 0 Å². The standard InChI is InChI=1S/C15H28BrNO7/c1-17(14(18)13-16)4-6-22-8-10-24-12-11-23-9-7-21-5-3-15(19)20-2/h3-13H2,1-2H3. The van der Waals surface area contributed by atoms with Crippen LogP contribution in [0.25, 0.3) is 0 Å². The van der Waals surface area contributed by atoms with Gasteiger partial charge in [-0.3, -0.25) is 9.59 Å². The molecule has 0 unspecified atom stereocenters. The van der Waals surface area contributed by atoms with Gasteiger partial charge in [-0.25, -0.2) is 0 Å². The minimum Gasteiger partial charge on any atom is -0.469 e. The van der Waals surface area contributed by atoms with Crippen molar-refractivity contribution in [1.29, 1.82) is 0 Å². The molecule has 142 valence electrons. The van der Waals surface area contributed by atoms with E-state index in [1.165, 1.54) is 7.11 Å². The third kappa shape index (κ3) is 14.8. The molecule has 0 aromatic rings. The van der Waals surface area contributed by atoms with Gasteiger partial charge in [0.2, 0.25) is 5.91 Å². The highest BCUT2D eigenvalue weighted by atomic mass is 79.9. The van der Waals surface area contributed by atoms with Gasteiger partial charge in [0.05, 0.1) is 71.7 Å². The number of rotatable bonds is 16. The molecule has 8 nitrogen and oxygen atoms in total. The van der Waals surface area contributed by atoms with Crippen molar-refractivity contribution >= 4 is 27.8 Å². The number of ether oxygens (including phenoxy) is 5. The summed E-state index contributed by atoms with van der Waals surface area (Å²) in [5, 5.41) is 0.322. The number of esters is 1. The fourth-order valence-electron chi connectivity index (χ4n) is 1.45. The third-order valence-electron chi connectivity index (χ3n) is 2.91. The predicted octanol–water partition coefficient (Wildman–Crippen LogP) is 0.469. The van der Waals surface area contributed by atoms with Crippen LogP contribution < -0.4 is 0 Å². The molecule has 0 N–H and O–H groups in total. The van der Waals surface area contributed by atoms with E-state index >= 15 is 0 Å². The normalized spacial score (nSPS) is 10.6. The summed E-state index contributed by atoms with van der Waals surface area (Å²) in [6, 6.07) is 0. The van der Waals surface area contributed by atoms with Crippen LogP contribution in [0.15, 0.2) is 0 Å². The molecule has 0 rings (SSSR count). The molecule has 0 aliphatic heterocycles. The molecule has 0 atom stereocenters. The molecule has 0 bridgehead atoms. The molecule has 0 fully saturated rings. The molecule has 0 heterocycles. The number of amides is 1. The largest absolute Gasteiger partial charge is 0.469 e. The van der Waals surface area contributed by atoms with Gasteiger partial charge < -0.3 is 28.6 Å². The number of carbonyl (C=O) groups excluding carboxylic acids is 2. The number of carbonyl (C=O) groups is 2. The van der Waals surface area contributed by atoms with Crippen molar-refractivity contribution in [1.82, 2.24) is 4.90 Å². The Kier molecular flexibility index (Phi) is 16.6. The first kappa shape index (κ1) is 23.3. The van der Waals surface area contributed by atoms with Crippen molar-refractivity contribution in [2.45, 2.75) is 6.42 Å². The first-order valence-corrected chi connectivity index (χ1v) is 8.91. The van der Waals surface area contributed by atoms with E-state index in [4.69, 9.17) is 18.9 Å². The van der Waals surface area contributed by atoms with Gasteiger partial charge in [-0.1, -0.05) is 15.9 Å². The second-order valence-corrected chi connectivity index (χ2v) is 5.29. The summed E-state index contributed by atoms with van der Waals surface area (Å²) >= 11 is 3.11. The quantitative estimate of drug-likeness (QED) is 0.206. The molecule has 0 aromatic carbocycles. The average molecular weight is 414 g/mol. The second-order valence-electron chi connectivity index (χ2n) is 4.72. The van der Waals surface area contributed by atoms with Gasteiger partial charge in [-0.05, 0) is 0 Å². The van der Waals surface area contributed by atoms with Crippen LogP contribution in [0.3, 0.4) is 0 Å². The molecule has 1 amide bonds. The number of nitrogens with zero attached hydrogens (tertiary/aromatic N) is 1. The first-order chi connectivity index (χ1) is 11.6. The molecule has 0 aliphatic rings. The van der Waals surface area contributed by atoms with Crippen LogP contribution >= 0.6 is 15.9 Å². The van der Waals surface area contributed by atoms with Gasteiger partial charge in [0.15, 0.2) is 0 Å². The lowest BCUT2D eigenvalue weighted by Gasteiger charge is -2.15. The van der Waals surface area contributed by atoms with E-state index in [2.05, 4.69) is 20.7 Å². The Morgan fingerprint density at radius 1 is 0.833 bits per heavy atom. The minimum atomic E-state index is -0.284. The van der Waals surface area contributed by atoms with Gasteiger partial charge in [0, 0.05) is 13.6 Å². The van der Waals surface area contributed by atoms with E-state index in [-0.39, 0.29) is 18.3 Å². The number of halogens is 1. The SMILES string of the molecule is COC(=O)CCOCCOCCOCCOCCN(C)C(=O)CBr. The zero-order valence-corrected chi connectivity index (χ0v) is 16.0. The summed E-state index contributed by atoms with van der Waals surface area (Å²) in [7, 11) is 3.08. The molecule has 0 aliphatic carbocycles. The lowest BCUT2D eigenvalue weighted by molar-refractivity contribution is -0.142. The van der Waals surface area contributed by atoms with Gasteiger partial charge >= 0.3 is 5.97 Å². The third-order valence-corrected chi connectivity index (χ3v) is 3.39. The molecule has 24 heavy (non-hydrogen) atoms. The van der Waals surface area contributed by atoms with Crippen LogP contribution in [-0.4, -0.2) is 95.7 Å². The second kappa shape index (κ2) is 17.1. The van der Waals surface area contributed by atoms with Gasteiger partial charge in [0.25, 0.3) is 0 Å². The van der Waals surface area contributed by atoms with E-state index in [9.17, 15) is 9.59 Å². The van der Waals surface area contributed by atoms with Gasteiger partial charge in [-0.2, -0.15) is 0 Å². The number of hydrogen-bond acceptors (Lipinski definition) is 7. The Morgan fingerprint density at radius 2 is 1.29 bits per heavy atom. The highest BCUT2D eigenvalue weighted by Gasteiger charge is 2.05. The maximum atomic E-state index is 11.3. The van der Waals surface area contributed by atoms with Crippen molar-refractivity contribution in [3.63, 3.8) is 0 Å². The zero-order valence-electron chi connectivity index (χ0n) is 14.5. The summed E-state index contributed by atoms with van der Waals surface area (Å²) in [6.45, 7) is 4.18. The van der Waals surface area contributed by atoms with E-state index in [1.807, 2.05) is 0 Å². The van der Waals surface area contributed by atoms with E-state index in [0.29, 0.717) is 64.7 Å². The molecule has 0 radical (unpaired) electrons. The summed E-state index contributed by atoms with van der Waals surface area (Å²) in [5.41, 5.74) is 0. The molecule has 0 spiro atoms. The summed E-state index contributed by atoms with van der Waals surface area (Å²) in [6.07, 6.45) is 0.250. The van der Waals surface area contributed by atoms with Crippen LogP contribution in [0.1, 0.15) is 6.42 Å². The van der Waals surface area contributed by atoms with Crippen molar-refractivity contribution in [3.05, 3.63) is 0 Å². The smallest absolute Gasteiger partial charge is 0.307 e. The molecular weight excluding hydrogens is 386 g/mol. The van der Waals surface area contributed by atoms with Crippen LogP contribution in [0.4, 0.5) is 0 Å². The number of hydrogen-bond donors (Lipinski definition) is 0. The monoisotopic (exact) mass is 413 g/mol. The predicted molar refractivity (Wildman–Crippen MR) is 91.3 cm³/mol. The average Bonchev–Trinajstić information content (AvgIpc) is 2.60. The van der Waals surface area contributed by atoms with Crippen molar-refractivity contribution in [2.75, 3.05) is 78.9 Å². The Hall–Kier alpha value is -0.740. The molecular formula is C15H28BrNO7. The molecule has 9 heteroatoms. The molecule has 0 saturated carbocycles. The van der Waals surface area contributed by atoms with E-state index < -0.39 is 0 Å².